The van der Waals surface area contributed by atoms with Crippen LogP contribution in [0.3, 0.4) is 0 Å². The minimum Gasteiger partial charge on any atom is -0.480 e. The molecule has 0 rings (SSSR count). The van der Waals surface area contributed by atoms with Crippen LogP contribution in [0.1, 0.15) is 19.3 Å². The molecular formula is C9H19N2O8P. The Morgan fingerprint density at radius 3 is 2.15 bits per heavy atom. The highest BCUT2D eigenvalue weighted by molar-refractivity contribution is 7.50. The lowest BCUT2D eigenvalue weighted by Crippen LogP contribution is -2.48. The van der Waals surface area contributed by atoms with Gasteiger partial charge in [0.1, 0.15) is 6.04 Å². The van der Waals surface area contributed by atoms with E-state index in [1.165, 1.54) is 0 Å². The zero-order valence-electron chi connectivity index (χ0n) is 10.6. The van der Waals surface area contributed by atoms with Gasteiger partial charge in [0.15, 0.2) is 6.10 Å². The smallest absolute Gasteiger partial charge is 0.433 e. The van der Waals surface area contributed by atoms with Crippen LogP contribution in [0.5, 0.6) is 0 Å². The van der Waals surface area contributed by atoms with Gasteiger partial charge in [-0.15, -0.1) is 0 Å². The van der Waals surface area contributed by atoms with E-state index in [0.717, 1.165) is 0 Å². The molecule has 0 spiro atoms. The number of aliphatic hydroxyl groups excluding tert-OH is 2. The second kappa shape index (κ2) is 8.30. The van der Waals surface area contributed by atoms with Crippen molar-refractivity contribution in [2.45, 2.75) is 31.4 Å². The molecule has 0 aromatic heterocycles. The third-order valence-electron chi connectivity index (χ3n) is 2.48. The quantitative estimate of drug-likeness (QED) is 0.204. The highest BCUT2D eigenvalue weighted by Crippen LogP contribution is 2.43. The van der Waals surface area contributed by atoms with Crippen LogP contribution >= 0.6 is 7.75 Å². The van der Waals surface area contributed by atoms with E-state index in [2.05, 4.69) is 0 Å². The Kier molecular flexibility index (Phi) is 7.87. The molecule has 1 amide bonds. The Balaban J connectivity index is 5.29. The van der Waals surface area contributed by atoms with Gasteiger partial charge in [-0.2, -0.15) is 0 Å². The average Bonchev–Trinajstić information content (AvgIpc) is 2.34. The van der Waals surface area contributed by atoms with Gasteiger partial charge in [0, 0.05) is 0 Å². The van der Waals surface area contributed by atoms with Crippen molar-refractivity contribution in [2.75, 3.05) is 13.2 Å². The van der Waals surface area contributed by atoms with E-state index >= 15 is 0 Å². The summed E-state index contributed by atoms with van der Waals surface area (Å²) in [6.45, 7) is -0.820. The molecule has 0 saturated carbocycles. The third-order valence-corrected chi connectivity index (χ3v) is 3.51. The molecule has 118 valence electrons. The summed E-state index contributed by atoms with van der Waals surface area (Å²) in [4.78, 5) is 40.9. The number of carbonyl (C=O) groups excluding carboxylic acids is 1. The second-order valence-electron chi connectivity index (χ2n) is 4.03. The summed E-state index contributed by atoms with van der Waals surface area (Å²) < 4.78 is 11.1. The van der Waals surface area contributed by atoms with Crippen LogP contribution in [0.4, 0.5) is 0 Å². The number of carbonyl (C=O) groups is 2. The maximum atomic E-state index is 11.6. The number of nitrogens with two attached hydrogens (primary N) is 1. The number of amides is 1. The molecule has 10 nitrogen and oxygen atoms in total. The van der Waals surface area contributed by atoms with Crippen LogP contribution < -0.4 is 5.73 Å². The first-order chi connectivity index (χ1) is 9.16. The van der Waals surface area contributed by atoms with Crippen LogP contribution in [0.2, 0.25) is 0 Å². The van der Waals surface area contributed by atoms with Gasteiger partial charge in [-0.1, -0.05) is 0 Å². The lowest BCUT2D eigenvalue weighted by atomic mass is 10.1. The maximum absolute atomic E-state index is 11.6. The second-order valence-corrected chi connectivity index (χ2v) is 5.49. The van der Waals surface area contributed by atoms with E-state index in [-0.39, 0.29) is 24.1 Å². The minimum absolute atomic E-state index is 0.202. The molecule has 0 saturated heterocycles. The van der Waals surface area contributed by atoms with Crippen molar-refractivity contribution in [3.63, 3.8) is 0 Å². The molecule has 20 heavy (non-hydrogen) atoms. The summed E-state index contributed by atoms with van der Waals surface area (Å²) in [5, 5.41) is 26.8. The van der Waals surface area contributed by atoms with E-state index in [0.29, 0.717) is 6.42 Å². The number of unbranched alkanes of at least 4 members (excludes halogenated alkanes) is 1. The predicted octanol–water partition coefficient (Wildman–Crippen LogP) is -2.16. The van der Waals surface area contributed by atoms with Crippen molar-refractivity contribution in [3.8, 4) is 0 Å². The predicted molar refractivity (Wildman–Crippen MR) is 66.3 cm³/mol. The van der Waals surface area contributed by atoms with E-state index < -0.39 is 38.4 Å². The van der Waals surface area contributed by atoms with Gasteiger partial charge >= 0.3 is 13.7 Å². The summed E-state index contributed by atoms with van der Waals surface area (Å²) in [6.07, 6.45) is -1.69. The summed E-state index contributed by atoms with van der Waals surface area (Å²) >= 11 is 0. The molecule has 0 bridgehead atoms. The Morgan fingerprint density at radius 1 is 1.25 bits per heavy atom. The number of carboxylic acid groups (broad SMARTS) is 1. The summed E-state index contributed by atoms with van der Waals surface area (Å²) in [5.74, 6) is -3.16. The molecule has 0 heterocycles. The highest BCUT2D eigenvalue weighted by Gasteiger charge is 2.42. The number of rotatable bonds is 9. The molecule has 0 aliphatic rings. The third kappa shape index (κ3) is 5.53. The molecular weight excluding hydrogens is 295 g/mol. The van der Waals surface area contributed by atoms with Crippen molar-refractivity contribution in [1.82, 2.24) is 4.67 Å². The van der Waals surface area contributed by atoms with Gasteiger partial charge in [0.05, 0.1) is 6.61 Å². The van der Waals surface area contributed by atoms with Crippen molar-refractivity contribution in [2.24, 2.45) is 5.73 Å². The zero-order chi connectivity index (χ0) is 15.9. The molecule has 0 aliphatic heterocycles. The van der Waals surface area contributed by atoms with Gasteiger partial charge in [0.25, 0.3) is 5.91 Å². The van der Waals surface area contributed by atoms with Crippen LogP contribution in [0.25, 0.3) is 0 Å². The summed E-state index contributed by atoms with van der Waals surface area (Å²) in [5.41, 5.74) is 5.23. The number of hydrogen-bond acceptors (Lipinski definition) is 6. The Bertz CT molecular complexity index is 384. The molecule has 2 unspecified atom stereocenters. The molecule has 0 radical (unpaired) electrons. The SMILES string of the molecule is NCCCCC(C(=O)O)N(C(=O)C(O)CO)P(=O)(O)O. The standard InChI is InChI=1S/C9H19N2O8P/c10-4-2-1-3-6(9(15)16)11(20(17,18)19)8(14)7(13)5-12/h6-7,12-13H,1-5,10H2,(H,15,16)(H2,17,18,19). The number of carboxylic acids is 1. The Morgan fingerprint density at radius 2 is 1.80 bits per heavy atom. The van der Waals surface area contributed by atoms with Gasteiger partial charge in [0.2, 0.25) is 0 Å². The Labute approximate surface area is 115 Å². The topological polar surface area (TPSA) is 182 Å². The van der Waals surface area contributed by atoms with Crippen molar-refractivity contribution in [1.29, 1.82) is 0 Å². The van der Waals surface area contributed by atoms with E-state index in [4.69, 9.17) is 30.8 Å². The lowest BCUT2D eigenvalue weighted by molar-refractivity contribution is -0.151. The number of aliphatic hydroxyl groups is 2. The van der Waals surface area contributed by atoms with E-state index in [1.807, 2.05) is 0 Å². The lowest BCUT2D eigenvalue weighted by Gasteiger charge is -2.30. The Hall–Kier alpha value is -1.03. The largest absolute Gasteiger partial charge is 0.480 e. The zero-order valence-corrected chi connectivity index (χ0v) is 11.5. The first-order valence-electron chi connectivity index (χ1n) is 5.77. The van der Waals surface area contributed by atoms with Crippen molar-refractivity contribution < 1.29 is 39.3 Å². The van der Waals surface area contributed by atoms with Crippen LogP contribution in [-0.4, -0.2) is 67.0 Å². The van der Waals surface area contributed by atoms with Crippen LogP contribution in [0, 0.1) is 0 Å². The fourth-order valence-corrected chi connectivity index (χ4v) is 2.49. The first kappa shape index (κ1) is 19.0. The van der Waals surface area contributed by atoms with Gasteiger partial charge < -0.3 is 30.8 Å². The van der Waals surface area contributed by atoms with Crippen molar-refractivity contribution in [3.05, 3.63) is 0 Å². The van der Waals surface area contributed by atoms with Gasteiger partial charge in [-0.3, -0.25) is 4.79 Å². The monoisotopic (exact) mass is 314 g/mol. The fourth-order valence-electron chi connectivity index (χ4n) is 1.53. The molecule has 0 aliphatic carbocycles. The van der Waals surface area contributed by atoms with Gasteiger partial charge in [-0.25, -0.2) is 14.0 Å². The van der Waals surface area contributed by atoms with Crippen LogP contribution in [0.15, 0.2) is 0 Å². The fraction of sp³-hybridized carbons (Fsp3) is 0.778. The molecule has 11 heteroatoms. The van der Waals surface area contributed by atoms with E-state index in [1.54, 1.807) is 0 Å². The average molecular weight is 314 g/mol. The molecule has 0 aromatic rings. The summed E-state index contributed by atoms with van der Waals surface area (Å²) in [7, 11) is -5.26. The molecule has 0 fully saturated rings. The van der Waals surface area contributed by atoms with E-state index in [9.17, 15) is 14.2 Å². The molecule has 2 atom stereocenters. The van der Waals surface area contributed by atoms with Crippen molar-refractivity contribution >= 4 is 19.6 Å². The highest BCUT2D eigenvalue weighted by atomic mass is 31.2. The normalized spacial score (nSPS) is 14.7. The minimum atomic E-state index is -5.26. The number of hydrogen-bond donors (Lipinski definition) is 6. The number of aliphatic carboxylic acids is 1. The number of nitrogens with zero attached hydrogens (tertiary/aromatic N) is 1. The van der Waals surface area contributed by atoms with Crippen LogP contribution in [-0.2, 0) is 14.2 Å². The molecule has 7 N–H and O–H groups in total. The van der Waals surface area contributed by atoms with Gasteiger partial charge in [-0.05, 0) is 25.8 Å². The summed E-state index contributed by atoms with van der Waals surface area (Å²) in [6, 6.07) is -1.81. The maximum Gasteiger partial charge on any atom is 0.433 e. The first-order valence-corrected chi connectivity index (χ1v) is 7.34. The molecule has 0 aromatic carbocycles.